The number of nitrogens with zero attached hydrogens (tertiary/aromatic N) is 2. The van der Waals surface area contributed by atoms with E-state index in [1.54, 1.807) is 0 Å². The minimum absolute atomic E-state index is 0. The maximum Gasteiger partial charge on any atom is 0.0683 e. The van der Waals surface area contributed by atoms with E-state index < -0.39 is 0 Å². The fraction of sp³-hybridized carbons (Fsp3) is 0.389. The summed E-state index contributed by atoms with van der Waals surface area (Å²) in [6, 6.07) is 8.54. The lowest BCUT2D eigenvalue weighted by molar-refractivity contribution is -0.001000. The number of halogens is 2. The number of rotatable bonds is 5. The minimum atomic E-state index is 0. The SMILES string of the molecule is Cc1ncc(CCCCN(C)C)c2c1[nH]c1ccccc12.[Cl-].[Cl-]. The number of unbranched alkanes of at least 4 members (excludes halogenated alkanes) is 1. The van der Waals surface area contributed by atoms with E-state index in [0.29, 0.717) is 0 Å². The van der Waals surface area contributed by atoms with Crippen molar-refractivity contribution in [3.8, 4) is 0 Å². The Labute approximate surface area is 150 Å². The lowest BCUT2D eigenvalue weighted by atomic mass is 10.0. The van der Waals surface area contributed by atoms with Gasteiger partial charge in [0.15, 0.2) is 0 Å². The van der Waals surface area contributed by atoms with Gasteiger partial charge in [-0.3, -0.25) is 4.98 Å². The van der Waals surface area contributed by atoms with Gasteiger partial charge in [0.25, 0.3) is 0 Å². The summed E-state index contributed by atoms with van der Waals surface area (Å²) in [6.07, 6.45) is 5.59. The van der Waals surface area contributed by atoms with E-state index in [9.17, 15) is 0 Å². The normalized spacial score (nSPS) is 10.8. The first kappa shape index (κ1) is 19.8. The average molecular weight is 352 g/mol. The van der Waals surface area contributed by atoms with E-state index in [1.807, 2.05) is 0 Å². The average Bonchev–Trinajstić information content (AvgIpc) is 2.86. The van der Waals surface area contributed by atoms with Crippen molar-refractivity contribution in [2.45, 2.75) is 26.2 Å². The molecule has 5 heteroatoms. The number of fused-ring (bicyclic) bond motifs is 3. The zero-order valence-corrected chi connectivity index (χ0v) is 15.4. The highest BCUT2D eigenvalue weighted by atomic mass is 35.5. The van der Waals surface area contributed by atoms with Crippen molar-refractivity contribution < 1.29 is 24.8 Å². The molecule has 0 amide bonds. The lowest BCUT2D eigenvalue weighted by Gasteiger charge is -2.09. The summed E-state index contributed by atoms with van der Waals surface area (Å²) in [6.45, 7) is 3.23. The molecule has 23 heavy (non-hydrogen) atoms. The van der Waals surface area contributed by atoms with Crippen molar-refractivity contribution in [3.05, 3.63) is 41.7 Å². The summed E-state index contributed by atoms with van der Waals surface area (Å²) >= 11 is 0. The van der Waals surface area contributed by atoms with Crippen LogP contribution >= 0.6 is 0 Å². The van der Waals surface area contributed by atoms with E-state index in [2.05, 4.69) is 66.3 Å². The van der Waals surface area contributed by atoms with E-state index in [1.165, 1.54) is 40.2 Å². The number of nitrogens with one attached hydrogen (secondary N) is 1. The van der Waals surface area contributed by atoms with Gasteiger partial charge in [0.05, 0.1) is 11.2 Å². The zero-order valence-electron chi connectivity index (χ0n) is 13.9. The predicted octanol–water partition coefficient (Wildman–Crippen LogP) is -2.08. The van der Waals surface area contributed by atoms with Crippen LogP contribution in [-0.4, -0.2) is 35.5 Å². The molecule has 2 aromatic heterocycles. The quantitative estimate of drug-likeness (QED) is 0.535. The van der Waals surface area contributed by atoms with Crippen LogP contribution in [0.25, 0.3) is 21.8 Å². The molecule has 3 aromatic rings. The molecule has 0 bridgehead atoms. The van der Waals surface area contributed by atoms with Crippen LogP contribution in [0.1, 0.15) is 24.1 Å². The molecule has 0 aliphatic carbocycles. The van der Waals surface area contributed by atoms with Crippen LogP contribution in [0.2, 0.25) is 0 Å². The maximum absolute atomic E-state index is 4.57. The Morgan fingerprint density at radius 1 is 1.09 bits per heavy atom. The second kappa shape index (κ2) is 8.53. The number of hydrogen-bond acceptors (Lipinski definition) is 2. The molecule has 0 aliphatic heterocycles. The number of benzene rings is 1. The first-order chi connectivity index (χ1) is 10.2. The molecule has 0 aliphatic rings. The summed E-state index contributed by atoms with van der Waals surface area (Å²) in [7, 11) is 4.26. The monoisotopic (exact) mass is 351 g/mol. The van der Waals surface area contributed by atoms with Gasteiger partial charge in [-0.05, 0) is 58.5 Å². The number of para-hydroxylation sites is 1. The smallest absolute Gasteiger partial charge is 0.0683 e. The molecule has 0 unspecified atom stereocenters. The Morgan fingerprint density at radius 2 is 1.83 bits per heavy atom. The first-order valence-electron chi connectivity index (χ1n) is 7.66. The van der Waals surface area contributed by atoms with Gasteiger partial charge in [-0.2, -0.15) is 0 Å². The van der Waals surface area contributed by atoms with Crippen LogP contribution in [0.3, 0.4) is 0 Å². The number of pyridine rings is 1. The third-order valence-electron chi connectivity index (χ3n) is 4.10. The van der Waals surface area contributed by atoms with Gasteiger partial charge in [-0.15, -0.1) is 0 Å². The van der Waals surface area contributed by atoms with Crippen molar-refractivity contribution in [2.75, 3.05) is 20.6 Å². The highest BCUT2D eigenvalue weighted by Gasteiger charge is 2.11. The van der Waals surface area contributed by atoms with Gasteiger partial charge >= 0.3 is 0 Å². The number of aryl methyl sites for hydroxylation is 2. The molecule has 0 spiro atoms. The van der Waals surface area contributed by atoms with Crippen LogP contribution in [0.4, 0.5) is 0 Å². The highest BCUT2D eigenvalue weighted by Crippen LogP contribution is 2.30. The number of aromatic amines is 1. The molecule has 0 atom stereocenters. The summed E-state index contributed by atoms with van der Waals surface area (Å²) in [5, 5.41) is 2.68. The third kappa shape index (κ3) is 4.17. The van der Waals surface area contributed by atoms with Crippen LogP contribution in [0.5, 0.6) is 0 Å². The molecule has 3 nitrogen and oxygen atoms in total. The van der Waals surface area contributed by atoms with Gasteiger partial charge < -0.3 is 34.7 Å². The Kier molecular flexibility index (Phi) is 7.33. The minimum Gasteiger partial charge on any atom is -1.00 e. The lowest BCUT2D eigenvalue weighted by Crippen LogP contribution is -3.00. The zero-order chi connectivity index (χ0) is 14.8. The molecular formula is C18H23Cl2N3-2. The second-order valence-corrected chi connectivity index (χ2v) is 6.05. The van der Waals surface area contributed by atoms with Crippen molar-refractivity contribution in [3.63, 3.8) is 0 Å². The largest absolute Gasteiger partial charge is 1.00 e. The van der Waals surface area contributed by atoms with Gasteiger partial charge in [0.1, 0.15) is 0 Å². The van der Waals surface area contributed by atoms with Crippen LogP contribution in [-0.2, 0) is 6.42 Å². The van der Waals surface area contributed by atoms with Gasteiger partial charge in [0.2, 0.25) is 0 Å². The van der Waals surface area contributed by atoms with Crippen LogP contribution < -0.4 is 24.8 Å². The highest BCUT2D eigenvalue weighted by molar-refractivity contribution is 6.09. The molecule has 2 heterocycles. The molecular weight excluding hydrogens is 329 g/mol. The van der Waals surface area contributed by atoms with Crippen LogP contribution in [0, 0.1) is 6.92 Å². The van der Waals surface area contributed by atoms with Crippen LogP contribution in [0.15, 0.2) is 30.5 Å². The number of hydrogen-bond donors (Lipinski definition) is 1. The van der Waals surface area contributed by atoms with Crippen molar-refractivity contribution in [2.24, 2.45) is 0 Å². The molecule has 3 rings (SSSR count). The summed E-state index contributed by atoms with van der Waals surface area (Å²) in [5.74, 6) is 0. The van der Waals surface area contributed by atoms with Gasteiger partial charge in [-0.25, -0.2) is 0 Å². The molecule has 0 saturated heterocycles. The van der Waals surface area contributed by atoms with E-state index in [0.717, 1.165) is 18.7 Å². The Balaban J connectivity index is 0.00000132. The second-order valence-electron chi connectivity index (χ2n) is 6.05. The van der Waals surface area contributed by atoms with Gasteiger partial charge in [-0.1, -0.05) is 18.2 Å². The standard InChI is InChI=1S/C18H23N3.2ClH/c1-13-18-17(15-9-4-5-10-16(15)20-18)14(12-19-13)8-6-7-11-21(2)3;;/h4-5,9-10,12,20H,6-8,11H2,1-3H3;2*1H/p-2. The summed E-state index contributed by atoms with van der Waals surface area (Å²) in [5.41, 5.74) is 4.85. The molecule has 0 saturated carbocycles. The Hall–Kier alpha value is -1.29. The first-order valence-corrected chi connectivity index (χ1v) is 7.66. The van der Waals surface area contributed by atoms with Gasteiger partial charge in [0, 0.05) is 22.5 Å². The number of aromatic nitrogens is 2. The fourth-order valence-electron chi connectivity index (χ4n) is 2.98. The van der Waals surface area contributed by atoms with E-state index >= 15 is 0 Å². The third-order valence-corrected chi connectivity index (χ3v) is 4.10. The molecule has 1 N–H and O–H groups in total. The Morgan fingerprint density at radius 3 is 2.57 bits per heavy atom. The molecule has 126 valence electrons. The molecule has 0 radical (unpaired) electrons. The van der Waals surface area contributed by atoms with Crippen molar-refractivity contribution in [1.82, 2.24) is 14.9 Å². The van der Waals surface area contributed by atoms with Crippen molar-refractivity contribution >= 4 is 21.8 Å². The Bertz CT molecular complexity index is 765. The fourth-order valence-corrected chi connectivity index (χ4v) is 2.98. The molecule has 0 fully saturated rings. The topological polar surface area (TPSA) is 31.9 Å². The summed E-state index contributed by atoms with van der Waals surface area (Å²) < 4.78 is 0. The van der Waals surface area contributed by atoms with E-state index in [4.69, 9.17) is 0 Å². The maximum atomic E-state index is 4.57. The summed E-state index contributed by atoms with van der Waals surface area (Å²) in [4.78, 5) is 10.3. The van der Waals surface area contributed by atoms with Crippen molar-refractivity contribution in [1.29, 1.82) is 0 Å². The number of H-pyrrole nitrogens is 1. The predicted molar refractivity (Wildman–Crippen MR) is 89.8 cm³/mol. The van der Waals surface area contributed by atoms with E-state index in [-0.39, 0.29) is 24.8 Å². The molecule has 1 aromatic carbocycles.